The summed E-state index contributed by atoms with van der Waals surface area (Å²) in [5.41, 5.74) is -7.07. The molecule has 21 heteroatoms. The van der Waals surface area contributed by atoms with Crippen molar-refractivity contribution >= 4 is 58.2 Å². The zero-order valence-electron chi connectivity index (χ0n) is 28.1. The molecular weight excluding hydrogens is 836 g/mol. The molecule has 0 aromatic heterocycles. The largest absolute Gasteiger partial charge is 0.491 e. The monoisotopic (exact) mass is 856 g/mol. The summed E-state index contributed by atoms with van der Waals surface area (Å²) in [6, 6.07) is 5.40. The number of amides is 4. The Morgan fingerprint density at radius 1 is 0.754 bits per heavy atom. The van der Waals surface area contributed by atoms with Crippen LogP contribution in [0.4, 0.5) is 59.7 Å². The van der Waals surface area contributed by atoms with Gasteiger partial charge in [0.2, 0.25) is 17.6 Å². The quantitative estimate of drug-likeness (QED) is 0.0686. The summed E-state index contributed by atoms with van der Waals surface area (Å²) in [4.78, 5) is 50.7. The Balaban J connectivity index is 1.43. The first-order valence-electron chi connectivity index (χ1n) is 16.5. The first kappa shape index (κ1) is 40.4. The zero-order valence-corrected chi connectivity index (χ0v) is 29.6. The van der Waals surface area contributed by atoms with Gasteiger partial charge < -0.3 is 9.84 Å². The topological polar surface area (TPSA) is 104 Å². The van der Waals surface area contributed by atoms with Gasteiger partial charge in [0.05, 0.1) is 35.3 Å². The number of fused-ring (bicyclic) bond motifs is 4. The second kappa shape index (κ2) is 13.4. The van der Waals surface area contributed by atoms with Crippen LogP contribution >= 0.6 is 23.2 Å². The zero-order chi connectivity index (χ0) is 41.9. The van der Waals surface area contributed by atoms with Gasteiger partial charge in [-0.05, 0) is 43.0 Å². The average Bonchev–Trinajstić information content (AvgIpc) is 3.49. The Kier molecular flexibility index (Phi) is 9.51. The molecule has 3 fully saturated rings. The number of nitrogens with zero attached hydrogens (tertiary/aromatic N) is 2. The van der Waals surface area contributed by atoms with Gasteiger partial charge in [-0.3, -0.25) is 19.2 Å². The highest BCUT2D eigenvalue weighted by Gasteiger charge is 2.77. The predicted molar refractivity (Wildman–Crippen MR) is 174 cm³/mol. The van der Waals surface area contributed by atoms with Crippen molar-refractivity contribution in [2.45, 2.75) is 40.9 Å². The van der Waals surface area contributed by atoms with E-state index in [1.54, 1.807) is 0 Å². The minimum absolute atomic E-state index is 0.0778. The third-order valence-corrected chi connectivity index (χ3v) is 12.0. The number of ether oxygens (including phenoxy) is 1. The van der Waals surface area contributed by atoms with Gasteiger partial charge in [0, 0.05) is 11.5 Å². The van der Waals surface area contributed by atoms with Gasteiger partial charge in [-0.25, -0.2) is 31.8 Å². The second-order valence-corrected chi connectivity index (χ2v) is 14.8. The van der Waals surface area contributed by atoms with Gasteiger partial charge in [0.25, 0.3) is 11.8 Å². The molecule has 2 heterocycles. The number of halogens is 13. The van der Waals surface area contributed by atoms with E-state index in [2.05, 4.69) is 0 Å². The van der Waals surface area contributed by atoms with Crippen molar-refractivity contribution in [3.8, 4) is 5.75 Å². The number of aliphatic hydroxyl groups is 1. The van der Waals surface area contributed by atoms with E-state index in [0.717, 1.165) is 0 Å². The van der Waals surface area contributed by atoms with Crippen LogP contribution in [0.1, 0.15) is 35.4 Å². The van der Waals surface area contributed by atoms with Crippen molar-refractivity contribution in [1.82, 2.24) is 0 Å². The molecule has 4 amide bonds. The summed E-state index contributed by atoms with van der Waals surface area (Å²) in [5.74, 6) is -26.0. The van der Waals surface area contributed by atoms with Gasteiger partial charge in [0.15, 0.2) is 33.0 Å². The molecule has 0 radical (unpaired) electrons. The SMILES string of the molecule is O=C1[C@H]2[C@H](CC=C3[C@H]2C[C@@]2(Cl)C(=O)N(c4c(F)c(F)c(F)c(F)c4F)C(=O)[C@@]2(Cl)[C@H]3c2ccccc2OCCO)C(=O)N1c1cc(C(F)(F)F)cc(C(F)(F)F)c1. The maximum absolute atomic E-state index is 15.3. The smallest absolute Gasteiger partial charge is 0.416 e. The Hall–Kier alpha value is -4.75. The standard InChI is InChI=1S/C36H21Cl2F11N2O6/c37-33-12-19-16(5-6-18-21(19)30(54)50(29(18)53)15-10-13(35(44,45)46)9-14(11-15)36(47,48)49)22(17-3-1-2-4-20(17)57-8-7-52)34(33,38)32(56)51(31(33)55)28-26(42)24(40)23(39)25(41)27(28)43/h1-5,9-11,18-19,21-22,52H,6-8,12H2/t18-,19+,21-,22+,33+,34-/m0/s1. The van der Waals surface area contributed by atoms with E-state index in [9.17, 15) is 63.8 Å². The average molecular weight is 857 g/mol. The highest BCUT2D eigenvalue weighted by Crippen LogP contribution is 2.67. The van der Waals surface area contributed by atoms with Crippen LogP contribution in [0.15, 0.2) is 54.1 Å². The summed E-state index contributed by atoms with van der Waals surface area (Å²) in [6.45, 7) is -0.982. The highest BCUT2D eigenvalue weighted by molar-refractivity contribution is 6.58. The molecule has 2 aliphatic carbocycles. The van der Waals surface area contributed by atoms with E-state index in [1.165, 1.54) is 30.3 Å². The van der Waals surface area contributed by atoms with E-state index >= 15 is 8.78 Å². The van der Waals surface area contributed by atoms with Gasteiger partial charge in [-0.15, -0.1) is 23.2 Å². The molecule has 1 N–H and O–H groups in total. The summed E-state index contributed by atoms with van der Waals surface area (Å²) in [7, 11) is 0. The van der Waals surface area contributed by atoms with Crippen LogP contribution in [0, 0.1) is 46.8 Å². The number of allylic oxidation sites excluding steroid dienone is 2. The van der Waals surface area contributed by atoms with Crippen LogP contribution in [0.2, 0.25) is 0 Å². The van der Waals surface area contributed by atoms with Crippen molar-refractivity contribution in [3.63, 3.8) is 0 Å². The van der Waals surface area contributed by atoms with Crippen LogP contribution in [0.3, 0.4) is 0 Å². The molecule has 1 saturated carbocycles. The molecule has 302 valence electrons. The van der Waals surface area contributed by atoms with E-state index in [4.69, 9.17) is 27.9 Å². The number of hydrogen-bond acceptors (Lipinski definition) is 6. The third kappa shape index (κ3) is 5.73. The van der Waals surface area contributed by atoms with Gasteiger partial charge in [0.1, 0.15) is 18.0 Å². The Labute approximate surface area is 322 Å². The number of carbonyl (C=O) groups excluding carboxylic acids is 4. The number of carbonyl (C=O) groups is 4. The molecule has 0 spiro atoms. The minimum Gasteiger partial charge on any atom is -0.491 e. The first-order chi connectivity index (χ1) is 26.5. The lowest BCUT2D eigenvalue weighted by atomic mass is 9.56. The molecule has 7 rings (SSSR count). The van der Waals surface area contributed by atoms with Crippen LogP contribution < -0.4 is 14.5 Å². The molecule has 3 aromatic rings. The van der Waals surface area contributed by atoms with E-state index < -0.39 is 152 Å². The van der Waals surface area contributed by atoms with Gasteiger partial charge in [-0.2, -0.15) is 26.3 Å². The molecular formula is C36H21Cl2F11N2O6. The van der Waals surface area contributed by atoms with Crippen molar-refractivity contribution < 1.29 is 77.3 Å². The van der Waals surface area contributed by atoms with E-state index in [-0.39, 0.29) is 40.0 Å². The number of anilines is 2. The highest BCUT2D eigenvalue weighted by atomic mass is 35.5. The maximum Gasteiger partial charge on any atom is 0.416 e. The first-order valence-corrected chi connectivity index (χ1v) is 17.3. The fourth-order valence-electron chi connectivity index (χ4n) is 8.24. The van der Waals surface area contributed by atoms with E-state index in [0.29, 0.717) is 0 Å². The van der Waals surface area contributed by atoms with Crippen LogP contribution in [0.25, 0.3) is 0 Å². The Bertz CT molecular complexity index is 2260. The molecule has 3 aromatic carbocycles. The molecule has 0 bridgehead atoms. The lowest BCUT2D eigenvalue weighted by Gasteiger charge is -2.50. The fraction of sp³-hybridized carbons (Fsp3) is 0.333. The van der Waals surface area contributed by atoms with Crippen LogP contribution in [-0.2, 0) is 31.5 Å². The number of rotatable bonds is 6. The minimum atomic E-state index is -5.38. The predicted octanol–water partition coefficient (Wildman–Crippen LogP) is 7.56. The summed E-state index contributed by atoms with van der Waals surface area (Å²) in [5, 5.41) is 9.46. The normalized spacial score (nSPS) is 27.4. The van der Waals surface area contributed by atoms with Crippen molar-refractivity contribution in [1.29, 1.82) is 0 Å². The molecule has 2 aliphatic heterocycles. The molecule has 57 heavy (non-hydrogen) atoms. The Morgan fingerprint density at radius 3 is 1.88 bits per heavy atom. The van der Waals surface area contributed by atoms with Crippen LogP contribution in [0.5, 0.6) is 5.75 Å². The van der Waals surface area contributed by atoms with Gasteiger partial charge in [-0.1, -0.05) is 29.8 Å². The van der Waals surface area contributed by atoms with Crippen molar-refractivity contribution in [3.05, 3.63) is 99.9 Å². The van der Waals surface area contributed by atoms with Crippen LogP contribution in [-0.4, -0.2) is 51.7 Å². The molecule has 8 nitrogen and oxygen atoms in total. The second-order valence-electron chi connectivity index (χ2n) is 13.6. The number of alkyl halides is 8. The third-order valence-electron chi connectivity index (χ3n) is 10.6. The van der Waals surface area contributed by atoms with E-state index in [1.807, 2.05) is 0 Å². The van der Waals surface area contributed by atoms with Gasteiger partial charge >= 0.3 is 12.4 Å². The molecule has 6 atom stereocenters. The number of aliphatic hydroxyl groups excluding tert-OH is 1. The van der Waals surface area contributed by atoms with Crippen molar-refractivity contribution in [2.24, 2.45) is 17.8 Å². The van der Waals surface area contributed by atoms with Crippen molar-refractivity contribution in [2.75, 3.05) is 23.0 Å². The number of benzene rings is 3. The molecule has 4 aliphatic rings. The fourth-order valence-corrected chi connectivity index (χ4v) is 9.17. The lowest BCUT2D eigenvalue weighted by Crippen LogP contribution is -2.60. The number of para-hydroxylation sites is 1. The summed E-state index contributed by atoms with van der Waals surface area (Å²) in [6.07, 6.45) is -11.0. The summed E-state index contributed by atoms with van der Waals surface area (Å²) >= 11 is 14.1. The molecule has 0 unspecified atom stereocenters. The lowest BCUT2D eigenvalue weighted by molar-refractivity contribution is -0.143. The Morgan fingerprint density at radius 2 is 1.32 bits per heavy atom. The number of hydrogen-bond donors (Lipinski definition) is 1. The number of imide groups is 2. The molecule has 2 saturated heterocycles. The summed E-state index contributed by atoms with van der Waals surface area (Å²) < 4.78 is 162. The maximum atomic E-state index is 15.3.